The van der Waals surface area contributed by atoms with Crippen LogP contribution >= 0.6 is 0 Å². The maximum Gasteiger partial charge on any atom is 0.146 e. The number of para-hydroxylation sites is 1. The van der Waals surface area contributed by atoms with Crippen molar-refractivity contribution in [2.24, 2.45) is 0 Å². The van der Waals surface area contributed by atoms with Crippen LogP contribution in [0.25, 0.3) is 10.8 Å². The van der Waals surface area contributed by atoms with Crippen molar-refractivity contribution in [2.75, 3.05) is 11.1 Å². The Labute approximate surface area is 114 Å². The molecule has 2 aromatic carbocycles. The van der Waals surface area contributed by atoms with E-state index in [9.17, 15) is 8.78 Å². The van der Waals surface area contributed by atoms with E-state index in [1.54, 1.807) is 18.2 Å². The molecule has 3 aromatic rings. The predicted octanol–water partition coefficient (Wildman–Crippen LogP) is 3.84. The van der Waals surface area contributed by atoms with Crippen LogP contribution < -0.4 is 11.1 Å². The lowest BCUT2D eigenvalue weighted by Crippen LogP contribution is -1.99. The number of anilines is 3. The normalized spacial score (nSPS) is 10.7. The van der Waals surface area contributed by atoms with Gasteiger partial charge in [-0.3, -0.25) is 0 Å². The van der Waals surface area contributed by atoms with Gasteiger partial charge in [-0.05, 0) is 30.3 Å². The van der Waals surface area contributed by atoms with Crippen molar-refractivity contribution < 1.29 is 8.78 Å². The molecule has 3 nitrogen and oxygen atoms in total. The Morgan fingerprint density at radius 2 is 1.75 bits per heavy atom. The summed E-state index contributed by atoms with van der Waals surface area (Å²) < 4.78 is 27.4. The first-order chi connectivity index (χ1) is 9.66. The van der Waals surface area contributed by atoms with Gasteiger partial charge in [0.25, 0.3) is 0 Å². The molecule has 1 aromatic heterocycles. The third-order valence-corrected chi connectivity index (χ3v) is 3.03. The fourth-order valence-electron chi connectivity index (χ4n) is 2.07. The lowest BCUT2D eigenvalue weighted by atomic mass is 10.1. The van der Waals surface area contributed by atoms with Crippen LogP contribution in [0.3, 0.4) is 0 Å². The number of hydrogen-bond donors (Lipinski definition) is 2. The van der Waals surface area contributed by atoms with Crippen LogP contribution in [0.15, 0.2) is 48.7 Å². The molecular weight excluding hydrogens is 260 g/mol. The van der Waals surface area contributed by atoms with Crippen LogP contribution in [-0.2, 0) is 0 Å². The number of nitrogens with zero attached hydrogens (tertiary/aromatic N) is 1. The third kappa shape index (κ3) is 2.03. The number of fused-ring (bicyclic) bond motifs is 1. The van der Waals surface area contributed by atoms with Gasteiger partial charge >= 0.3 is 0 Å². The van der Waals surface area contributed by atoms with Gasteiger partial charge in [0.15, 0.2) is 0 Å². The molecule has 0 saturated heterocycles. The molecular formula is C15H11F2N3. The van der Waals surface area contributed by atoms with Crippen molar-refractivity contribution in [1.29, 1.82) is 0 Å². The fourth-order valence-corrected chi connectivity index (χ4v) is 2.07. The van der Waals surface area contributed by atoms with Gasteiger partial charge in [0.05, 0.1) is 11.1 Å². The zero-order chi connectivity index (χ0) is 14.1. The fraction of sp³-hybridized carbons (Fsp3) is 0. The van der Waals surface area contributed by atoms with E-state index in [4.69, 9.17) is 5.73 Å². The SMILES string of the molecule is Nc1ccc(F)c2ccnc(Nc3ccccc3F)c12. The quantitative estimate of drug-likeness (QED) is 0.696. The van der Waals surface area contributed by atoms with Gasteiger partial charge in [-0.2, -0.15) is 0 Å². The molecule has 0 fully saturated rings. The van der Waals surface area contributed by atoms with Crippen LogP contribution in [0.2, 0.25) is 0 Å². The Balaban J connectivity index is 2.18. The summed E-state index contributed by atoms with van der Waals surface area (Å²) in [5.74, 6) is -0.487. The summed E-state index contributed by atoms with van der Waals surface area (Å²) in [5, 5.41) is 3.64. The average Bonchev–Trinajstić information content (AvgIpc) is 2.45. The Bertz CT molecular complexity index is 787. The summed E-state index contributed by atoms with van der Waals surface area (Å²) in [4.78, 5) is 4.12. The first-order valence-electron chi connectivity index (χ1n) is 6.01. The van der Waals surface area contributed by atoms with E-state index in [2.05, 4.69) is 10.3 Å². The Morgan fingerprint density at radius 3 is 2.55 bits per heavy atom. The lowest BCUT2D eigenvalue weighted by Gasteiger charge is -2.11. The molecule has 0 aliphatic heterocycles. The van der Waals surface area contributed by atoms with Gasteiger partial charge in [0.1, 0.15) is 17.5 Å². The average molecular weight is 271 g/mol. The van der Waals surface area contributed by atoms with Gasteiger partial charge in [0, 0.05) is 17.3 Å². The summed E-state index contributed by atoms with van der Waals surface area (Å²) in [6.07, 6.45) is 1.45. The first-order valence-corrected chi connectivity index (χ1v) is 6.01. The molecule has 5 heteroatoms. The van der Waals surface area contributed by atoms with Gasteiger partial charge < -0.3 is 11.1 Å². The van der Waals surface area contributed by atoms with Crippen LogP contribution in [-0.4, -0.2) is 4.98 Å². The molecule has 20 heavy (non-hydrogen) atoms. The second kappa shape index (κ2) is 4.77. The number of rotatable bonds is 2. The highest BCUT2D eigenvalue weighted by Gasteiger charge is 2.11. The number of nitrogen functional groups attached to an aromatic ring is 1. The molecule has 0 aliphatic rings. The molecule has 0 atom stereocenters. The minimum absolute atomic E-state index is 0.260. The van der Waals surface area contributed by atoms with E-state index >= 15 is 0 Å². The topological polar surface area (TPSA) is 50.9 Å². The van der Waals surface area contributed by atoms with E-state index in [1.165, 1.54) is 30.5 Å². The zero-order valence-electron chi connectivity index (χ0n) is 10.4. The Kier molecular flexibility index (Phi) is 2.95. The van der Waals surface area contributed by atoms with Gasteiger partial charge in [-0.1, -0.05) is 12.1 Å². The standard InChI is InChI=1S/C15H11F2N3/c16-10-5-6-12(18)14-9(10)7-8-19-15(14)20-13-4-2-1-3-11(13)17/h1-8H,18H2,(H,19,20). The van der Waals surface area contributed by atoms with E-state index in [1.807, 2.05) is 0 Å². The minimum Gasteiger partial charge on any atom is -0.398 e. The first kappa shape index (κ1) is 12.3. The maximum absolute atomic E-state index is 13.8. The molecule has 0 bridgehead atoms. The second-order valence-electron chi connectivity index (χ2n) is 4.32. The van der Waals surface area contributed by atoms with E-state index in [0.29, 0.717) is 22.3 Å². The number of nitrogens with two attached hydrogens (primary N) is 1. The van der Waals surface area contributed by atoms with Crippen LogP contribution in [0.4, 0.5) is 26.0 Å². The van der Waals surface area contributed by atoms with Crippen LogP contribution in [0.5, 0.6) is 0 Å². The summed E-state index contributed by atoms with van der Waals surface area (Å²) in [7, 11) is 0. The van der Waals surface area contributed by atoms with Gasteiger partial charge in [0.2, 0.25) is 0 Å². The number of nitrogens with one attached hydrogen (secondary N) is 1. The number of benzene rings is 2. The maximum atomic E-state index is 13.8. The predicted molar refractivity (Wildman–Crippen MR) is 75.8 cm³/mol. The molecule has 0 aliphatic carbocycles. The summed E-state index contributed by atoms with van der Waals surface area (Å²) in [5.41, 5.74) is 6.52. The molecule has 100 valence electrons. The van der Waals surface area contributed by atoms with Crippen molar-refractivity contribution >= 4 is 28.0 Å². The third-order valence-electron chi connectivity index (χ3n) is 3.03. The molecule has 0 radical (unpaired) electrons. The molecule has 1 heterocycles. The highest BCUT2D eigenvalue weighted by molar-refractivity contribution is 6.01. The Hall–Kier alpha value is -2.69. The molecule has 3 N–H and O–H groups in total. The minimum atomic E-state index is -0.415. The molecule has 0 unspecified atom stereocenters. The number of aromatic nitrogens is 1. The van der Waals surface area contributed by atoms with E-state index in [0.717, 1.165) is 0 Å². The smallest absolute Gasteiger partial charge is 0.146 e. The zero-order valence-corrected chi connectivity index (χ0v) is 10.4. The molecule has 0 spiro atoms. The number of hydrogen-bond acceptors (Lipinski definition) is 3. The van der Waals surface area contributed by atoms with Crippen molar-refractivity contribution in [3.8, 4) is 0 Å². The van der Waals surface area contributed by atoms with Crippen molar-refractivity contribution in [1.82, 2.24) is 4.98 Å². The highest BCUT2D eigenvalue weighted by Crippen LogP contribution is 2.31. The van der Waals surface area contributed by atoms with Crippen molar-refractivity contribution in [3.05, 3.63) is 60.3 Å². The number of halogens is 2. The van der Waals surface area contributed by atoms with Crippen LogP contribution in [0.1, 0.15) is 0 Å². The van der Waals surface area contributed by atoms with E-state index < -0.39 is 11.6 Å². The van der Waals surface area contributed by atoms with Crippen molar-refractivity contribution in [2.45, 2.75) is 0 Å². The molecule has 0 saturated carbocycles. The van der Waals surface area contributed by atoms with Crippen LogP contribution in [0, 0.1) is 11.6 Å². The van der Waals surface area contributed by atoms with Gasteiger partial charge in [-0.15, -0.1) is 0 Å². The summed E-state index contributed by atoms with van der Waals surface area (Å²) >= 11 is 0. The lowest BCUT2D eigenvalue weighted by molar-refractivity contribution is 0.632. The molecule has 3 rings (SSSR count). The number of pyridine rings is 1. The highest BCUT2D eigenvalue weighted by atomic mass is 19.1. The van der Waals surface area contributed by atoms with Gasteiger partial charge in [-0.25, -0.2) is 13.8 Å². The molecule has 0 amide bonds. The largest absolute Gasteiger partial charge is 0.398 e. The monoisotopic (exact) mass is 271 g/mol. The summed E-state index contributed by atoms with van der Waals surface area (Å²) in [6, 6.07) is 10.5. The van der Waals surface area contributed by atoms with E-state index in [-0.39, 0.29) is 5.69 Å². The Morgan fingerprint density at radius 1 is 0.950 bits per heavy atom. The van der Waals surface area contributed by atoms with Crippen molar-refractivity contribution in [3.63, 3.8) is 0 Å². The second-order valence-corrected chi connectivity index (χ2v) is 4.32. The summed E-state index contributed by atoms with van der Waals surface area (Å²) in [6.45, 7) is 0.